The third kappa shape index (κ3) is 3.93. The average molecular weight is 367 g/mol. The maximum Gasteiger partial charge on any atom is 0.266 e. The zero-order valence-electron chi connectivity index (χ0n) is 15.6. The molecule has 2 aliphatic heterocycles. The lowest BCUT2D eigenvalue weighted by Crippen LogP contribution is -2.55. The van der Waals surface area contributed by atoms with Gasteiger partial charge in [-0.05, 0) is 44.6 Å². The number of aromatic nitrogens is 3. The molecule has 7 nitrogen and oxygen atoms in total. The van der Waals surface area contributed by atoms with Crippen LogP contribution >= 0.6 is 0 Å². The van der Waals surface area contributed by atoms with Gasteiger partial charge in [0.2, 0.25) is 5.91 Å². The van der Waals surface area contributed by atoms with Crippen LogP contribution in [0.5, 0.6) is 0 Å². The molecule has 0 bridgehead atoms. The summed E-state index contributed by atoms with van der Waals surface area (Å²) >= 11 is 0. The van der Waals surface area contributed by atoms with Crippen LogP contribution in [-0.4, -0.2) is 63.7 Å². The fraction of sp³-hybridized carbons (Fsp3) is 0.500. The normalized spacial score (nSPS) is 21.1. The number of piperidine rings is 1. The zero-order chi connectivity index (χ0) is 18.8. The molecule has 0 saturated carbocycles. The van der Waals surface area contributed by atoms with Crippen LogP contribution in [-0.2, 0) is 11.3 Å². The molecule has 0 spiro atoms. The predicted molar refractivity (Wildman–Crippen MR) is 102 cm³/mol. The summed E-state index contributed by atoms with van der Waals surface area (Å²) in [5.74, 6) is 0.672. The van der Waals surface area contributed by atoms with Crippen LogP contribution in [0.4, 0.5) is 0 Å². The molecule has 4 heterocycles. The summed E-state index contributed by atoms with van der Waals surface area (Å²) in [7, 11) is 2.08. The van der Waals surface area contributed by atoms with Crippen LogP contribution in [0.25, 0.3) is 11.3 Å². The van der Waals surface area contributed by atoms with E-state index in [1.165, 1.54) is 4.68 Å². The second-order valence-corrected chi connectivity index (χ2v) is 7.69. The van der Waals surface area contributed by atoms with Gasteiger partial charge < -0.3 is 9.80 Å². The molecular formula is C20H25N5O2. The third-order valence-electron chi connectivity index (χ3n) is 5.50. The molecule has 1 amide bonds. The molecule has 27 heavy (non-hydrogen) atoms. The fourth-order valence-electron chi connectivity index (χ4n) is 3.98. The maximum absolute atomic E-state index is 12.6. The van der Waals surface area contributed by atoms with E-state index in [0.29, 0.717) is 19.6 Å². The summed E-state index contributed by atoms with van der Waals surface area (Å²) in [4.78, 5) is 33.1. The molecule has 2 aromatic rings. The quantitative estimate of drug-likeness (QED) is 0.809. The number of amides is 1. The fourth-order valence-corrected chi connectivity index (χ4v) is 3.98. The van der Waals surface area contributed by atoms with E-state index in [4.69, 9.17) is 0 Å². The van der Waals surface area contributed by atoms with E-state index >= 15 is 0 Å². The monoisotopic (exact) mass is 367 g/mol. The minimum atomic E-state index is -0.110. The Kier molecular flexibility index (Phi) is 5.03. The predicted octanol–water partition coefficient (Wildman–Crippen LogP) is 1.11. The molecule has 4 rings (SSSR count). The van der Waals surface area contributed by atoms with Crippen molar-refractivity contribution in [1.82, 2.24) is 24.6 Å². The first-order chi connectivity index (χ1) is 13.1. The van der Waals surface area contributed by atoms with Gasteiger partial charge in [0.25, 0.3) is 5.56 Å². The molecule has 1 atom stereocenters. The van der Waals surface area contributed by atoms with Crippen molar-refractivity contribution in [3.8, 4) is 11.3 Å². The van der Waals surface area contributed by atoms with Crippen molar-refractivity contribution in [3.05, 3.63) is 47.0 Å². The lowest BCUT2D eigenvalue weighted by molar-refractivity contribution is -0.144. The molecule has 7 heteroatoms. The number of hydrogen-bond acceptors (Lipinski definition) is 5. The van der Waals surface area contributed by atoms with Gasteiger partial charge in [0, 0.05) is 49.6 Å². The molecule has 1 unspecified atom stereocenters. The van der Waals surface area contributed by atoms with Crippen LogP contribution in [0.1, 0.15) is 12.8 Å². The number of pyridine rings is 1. The molecular weight excluding hydrogens is 342 g/mol. The van der Waals surface area contributed by atoms with E-state index < -0.39 is 0 Å². The molecule has 0 radical (unpaired) electrons. The number of carbonyl (C=O) groups is 1. The van der Waals surface area contributed by atoms with Crippen LogP contribution < -0.4 is 5.56 Å². The average Bonchev–Trinajstić information content (AvgIpc) is 2.66. The Morgan fingerprint density at radius 2 is 2.07 bits per heavy atom. The second kappa shape index (κ2) is 7.60. The van der Waals surface area contributed by atoms with Crippen LogP contribution in [0.15, 0.2) is 41.5 Å². The Labute approximate surface area is 158 Å². The maximum atomic E-state index is 12.6. The number of nitrogens with zero attached hydrogens (tertiary/aromatic N) is 5. The molecule has 142 valence electrons. The van der Waals surface area contributed by atoms with E-state index in [0.717, 1.165) is 37.2 Å². The summed E-state index contributed by atoms with van der Waals surface area (Å²) in [6.07, 6.45) is 5.52. The highest BCUT2D eigenvalue weighted by molar-refractivity contribution is 5.80. The van der Waals surface area contributed by atoms with Crippen molar-refractivity contribution in [2.24, 2.45) is 11.8 Å². The molecule has 0 aliphatic carbocycles. The summed E-state index contributed by atoms with van der Waals surface area (Å²) in [6.45, 7) is 3.90. The highest BCUT2D eigenvalue weighted by Crippen LogP contribution is 2.24. The van der Waals surface area contributed by atoms with Crippen molar-refractivity contribution in [1.29, 1.82) is 0 Å². The highest BCUT2D eigenvalue weighted by Gasteiger charge is 2.36. The van der Waals surface area contributed by atoms with Crippen LogP contribution in [0, 0.1) is 11.8 Å². The Morgan fingerprint density at radius 1 is 1.22 bits per heavy atom. The lowest BCUT2D eigenvalue weighted by Gasteiger charge is -2.42. The van der Waals surface area contributed by atoms with Crippen molar-refractivity contribution < 1.29 is 4.79 Å². The molecule has 0 aromatic carbocycles. The summed E-state index contributed by atoms with van der Waals surface area (Å²) in [6, 6.07) is 7.06. The number of carbonyl (C=O) groups excluding carboxylic acids is 1. The van der Waals surface area contributed by atoms with Gasteiger partial charge in [-0.2, -0.15) is 5.10 Å². The van der Waals surface area contributed by atoms with Crippen molar-refractivity contribution in [2.75, 3.05) is 33.2 Å². The van der Waals surface area contributed by atoms with Gasteiger partial charge >= 0.3 is 0 Å². The third-order valence-corrected chi connectivity index (χ3v) is 5.50. The Balaban J connectivity index is 1.37. The Hall–Kier alpha value is -2.54. The molecule has 0 N–H and O–H groups in total. The SMILES string of the molecule is CN1CCCC(C(=O)N2CC(Cn3nc(-c4cccnc4)ccc3=O)C2)C1. The minimum Gasteiger partial charge on any atom is -0.342 e. The van der Waals surface area contributed by atoms with Gasteiger partial charge in [-0.1, -0.05) is 0 Å². The Bertz CT molecular complexity index is 860. The topological polar surface area (TPSA) is 71.3 Å². The van der Waals surface area contributed by atoms with E-state index in [9.17, 15) is 9.59 Å². The van der Waals surface area contributed by atoms with Crippen molar-refractivity contribution in [2.45, 2.75) is 19.4 Å². The van der Waals surface area contributed by atoms with Gasteiger partial charge in [-0.15, -0.1) is 0 Å². The number of rotatable bonds is 4. The lowest BCUT2D eigenvalue weighted by atomic mass is 9.92. The second-order valence-electron chi connectivity index (χ2n) is 7.69. The minimum absolute atomic E-state index is 0.110. The van der Waals surface area contributed by atoms with E-state index in [2.05, 4.69) is 22.0 Å². The summed E-state index contributed by atoms with van der Waals surface area (Å²) in [5.41, 5.74) is 1.51. The van der Waals surface area contributed by atoms with Crippen molar-refractivity contribution >= 4 is 5.91 Å². The summed E-state index contributed by atoms with van der Waals surface area (Å²) < 4.78 is 1.52. The first-order valence-electron chi connectivity index (χ1n) is 9.56. The van der Waals surface area contributed by atoms with Gasteiger partial charge in [-0.25, -0.2) is 4.68 Å². The van der Waals surface area contributed by atoms with E-state index in [1.54, 1.807) is 24.5 Å². The van der Waals surface area contributed by atoms with Gasteiger partial charge in [0.1, 0.15) is 0 Å². The Morgan fingerprint density at radius 3 is 2.81 bits per heavy atom. The van der Waals surface area contributed by atoms with Crippen molar-refractivity contribution in [3.63, 3.8) is 0 Å². The van der Waals surface area contributed by atoms with E-state index in [-0.39, 0.29) is 23.3 Å². The first kappa shape index (κ1) is 17.9. The molecule has 2 saturated heterocycles. The van der Waals surface area contributed by atoms with Gasteiger partial charge in [0.15, 0.2) is 0 Å². The zero-order valence-corrected chi connectivity index (χ0v) is 15.6. The number of likely N-dealkylation sites (tertiary alicyclic amines) is 2. The van der Waals surface area contributed by atoms with E-state index in [1.807, 2.05) is 17.0 Å². The molecule has 2 fully saturated rings. The smallest absolute Gasteiger partial charge is 0.266 e. The first-order valence-corrected chi connectivity index (χ1v) is 9.56. The van der Waals surface area contributed by atoms with Gasteiger partial charge in [0.05, 0.1) is 18.2 Å². The number of hydrogen-bond donors (Lipinski definition) is 0. The highest BCUT2D eigenvalue weighted by atomic mass is 16.2. The molecule has 2 aliphatic rings. The van der Waals surface area contributed by atoms with Crippen LogP contribution in [0.2, 0.25) is 0 Å². The van der Waals surface area contributed by atoms with Crippen LogP contribution in [0.3, 0.4) is 0 Å². The van der Waals surface area contributed by atoms with Gasteiger partial charge in [-0.3, -0.25) is 14.6 Å². The summed E-state index contributed by atoms with van der Waals surface area (Å²) in [5, 5.41) is 4.49. The standard InChI is InChI=1S/C20H25N5O2/c1-23-9-3-5-17(14-23)20(27)24-11-15(12-24)13-25-19(26)7-6-18(22-25)16-4-2-8-21-10-16/h2,4,6-8,10,15,17H,3,5,9,11-14H2,1H3. The molecule has 2 aromatic heterocycles. The largest absolute Gasteiger partial charge is 0.342 e.